The zero-order chi connectivity index (χ0) is 27.9. The zero-order valence-electron chi connectivity index (χ0n) is 25.1. The van der Waals surface area contributed by atoms with Crippen LogP contribution in [0.5, 0.6) is 0 Å². The van der Waals surface area contributed by atoms with Gasteiger partial charge in [0.15, 0.2) is 5.78 Å². The highest BCUT2D eigenvalue weighted by molar-refractivity contribution is 5.93. The van der Waals surface area contributed by atoms with E-state index in [4.69, 9.17) is 6.85 Å². The number of fused-ring (bicyclic) bond motifs is 4. The first kappa shape index (κ1) is 15.5. The molecule has 1 aromatic rings. The lowest BCUT2D eigenvalue weighted by Crippen LogP contribution is -2.51. The van der Waals surface area contributed by atoms with Crippen molar-refractivity contribution in [2.75, 3.05) is 19.0 Å². The molecule has 168 valence electrons. The van der Waals surface area contributed by atoms with E-state index in [1.165, 1.54) is 6.08 Å². The first-order valence-corrected chi connectivity index (χ1v) is 11.5. The molecule has 2 saturated carbocycles. The molecular formula is C29H35NO2. The molecule has 5 atom stereocenters. The van der Waals surface area contributed by atoms with Crippen molar-refractivity contribution >= 4 is 11.5 Å². The van der Waals surface area contributed by atoms with E-state index in [2.05, 4.69) is 11.8 Å². The second kappa shape index (κ2) is 7.63. The summed E-state index contributed by atoms with van der Waals surface area (Å²) >= 11 is 0. The summed E-state index contributed by atoms with van der Waals surface area (Å²) in [5.74, 6) is 2.86. The second-order valence-corrected chi connectivity index (χ2v) is 10.2. The Labute approximate surface area is 201 Å². The number of carbonyl (C=O) groups excluding carboxylic acids is 1. The summed E-state index contributed by atoms with van der Waals surface area (Å²) < 4.78 is 49.5. The van der Waals surface area contributed by atoms with Crippen LogP contribution >= 0.6 is 0 Å². The SMILES string of the molecule is [2H]C([2H])([2H])C#C[C@]1(O)CC[C@@H]2[C@]1(C)C[C@H](c1ccc(N(C)C)cc1)C1=C3CC([2H])([2H])C(=O)C=C3CC[C@]12[2H]. The minimum atomic E-state index is -2.49. The van der Waals surface area contributed by atoms with Gasteiger partial charge in [0.05, 0.1) is 0 Å². The van der Waals surface area contributed by atoms with Crippen molar-refractivity contribution in [3.8, 4) is 11.8 Å². The van der Waals surface area contributed by atoms with Crippen LogP contribution in [0.1, 0.15) is 78.4 Å². The van der Waals surface area contributed by atoms with Crippen LogP contribution in [0.15, 0.2) is 47.1 Å². The number of anilines is 1. The summed E-state index contributed by atoms with van der Waals surface area (Å²) in [6.45, 7) is -0.538. The van der Waals surface area contributed by atoms with Gasteiger partial charge in [-0.3, -0.25) is 4.79 Å². The molecule has 4 aliphatic rings. The number of rotatable bonds is 2. The number of allylic oxidation sites excluding steroid dienone is 4. The highest BCUT2D eigenvalue weighted by Gasteiger charge is 2.62. The molecule has 3 heteroatoms. The quantitative estimate of drug-likeness (QED) is 0.632. The Morgan fingerprint density at radius 3 is 2.75 bits per heavy atom. The fourth-order valence-electron chi connectivity index (χ4n) is 6.71. The van der Waals surface area contributed by atoms with E-state index < -0.39 is 35.9 Å². The molecule has 1 aromatic carbocycles. The van der Waals surface area contributed by atoms with E-state index in [1.54, 1.807) is 0 Å². The Bertz CT molecular complexity index is 1300. The van der Waals surface area contributed by atoms with Crippen LogP contribution in [-0.4, -0.2) is 30.6 Å². The molecule has 0 amide bonds. The third-order valence-corrected chi connectivity index (χ3v) is 8.45. The zero-order valence-corrected chi connectivity index (χ0v) is 19.1. The summed E-state index contributed by atoms with van der Waals surface area (Å²) in [4.78, 5) is 14.5. The number of hydrogen-bond donors (Lipinski definition) is 1. The van der Waals surface area contributed by atoms with Gasteiger partial charge in [0.25, 0.3) is 0 Å². The highest BCUT2D eigenvalue weighted by atomic mass is 16.3. The van der Waals surface area contributed by atoms with E-state index in [1.807, 2.05) is 50.2 Å². The van der Waals surface area contributed by atoms with Crippen LogP contribution in [-0.2, 0) is 4.79 Å². The highest BCUT2D eigenvalue weighted by Crippen LogP contribution is 2.66. The molecule has 4 aliphatic carbocycles. The maximum atomic E-state index is 12.5. The molecule has 2 fully saturated rings. The fraction of sp³-hybridized carbons (Fsp3) is 0.552. The Morgan fingerprint density at radius 2 is 2.03 bits per heavy atom. The van der Waals surface area contributed by atoms with Crippen LogP contribution in [0.25, 0.3) is 0 Å². The average molecular weight is 436 g/mol. The van der Waals surface area contributed by atoms with Gasteiger partial charge in [-0.05, 0) is 92.1 Å². The van der Waals surface area contributed by atoms with E-state index in [9.17, 15) is 11.3 Å². The molecule has 1 N–H and O–H groups in total. The minimum absolute atomic E-state index is 0.0491. The maximum absolute atomic E-state index is 12.5. The number of ketones is 1. The lowest BCUT2D eigenvalue weighted by molar-refractivity contribution is -0.114. The molecule has 0 radical (unpaired) electrons. The molecule has 3 nitrogen and oxygen atoms in total. The van der Waals surface area contributed by atoms with Crippen molar-refractivity contribution in [1.82, 2.24) is 0 Å². The second-order valence-electron chi connectivity index (χ2n) is 10.2. The van der Waals surface area contributed by atoms with Crippen molar-refractivity contribution in [3.63, 3.8) is 0 Å². The Hall–Kier alpha value is -2.31. The average Bonchev–Trinajstić information content (AvgIpc) is 3.09. The molecule has 0 saturated heterocycles. The Balaban J connectivity index is 1.73. The predicted octanol–water partition coefficient (Wildman–Crippen LogP) is 5.41. The number of nitrogens with zero attached hydrogens (tertiary/aromatic N) is 1. The van der Waals surface area contributed by atoms with Gasteiger partial charge < -0.3 is 10.0 Å². The number of carbonyl (C=O) groups is 1. The summed E-state index contributed by atoms with van der Waals surface area (Å²) in [6.07, 6.45) is 1.60. The third-order valence-electron chi connectivity index (χ3n) is 8.45. The van der Waals surface area contributed by atoms with E-state index in [0.29, 0.717) is 25.7 Å². The first-order valence-electron chi connectivity index (χ1n) is 14.5. The lowest BCUT2D eigenvalue weighted by atomic mass is 9.51. The normalized spacial score (nSPS) is 42.9. The van der Waals surface area contributed by atoms with Crippen LogP contribution in [0, 0.1) is 29.1 Å². The van der Waals surface area contributed by atoms with Crippen molar-refractivity contribution < 1.29 is 18.1 Å². The summed E-state index contributed by atoms with van der Waals surface area (Å²) in [6, 6.07) is 8.08. The van der Waals surface area contributed by atoms with Crippen molar-refractivity contribution in [2.45, 2.75) is 70.2 Å². The van der Waals surface area contributed by atoms with Crippen LogP contribution in [0.3, 0.4) is 0 Å². The maximum Gasteiger partial charge on any atom is 0.156 e. The van der Waals surface area contributed by atoms with Gasteiger partial charge in [0.2, 0.25) is 0 Å². The molecule has 0 heterocycles. The van der Waals surface area contributed by atoms with Crippen molar-refractivity contribution in [1.29, 1.82) is 0 Å². The van der Waals surface area contributed by atoms with Crippen molar-refractivity contribution in [2.24, 2.45) is 17.2 Å². The topological polar surface area (TPSA) is 40.5 Å². The molecule has 0 spiro atoms. The Morgan fingerprint density at radius 1 is 1.25 bits per heavy atom. The van der Waals surface area contributed by atoms with Gasteiger partial charge in [-0.2, -0.15) is 0 Å². The third kappa shape index (κ3) is 3.11. The van der Waals surface area contributed by atoms with Crippen molar-refractivity contribution in [3.05, 3.63) is 52.6 Å². The van der Waals surface area contributed by atoms with Gasteiger partial charge in [-0.25, -0.2) is 0 Å². The number of benzene rings is 1. The minimum Gasteiger partial charge on any atom is -0.378 e. The van der Waals surface area contributed by atoms with E-state index in [0.717, 1.165) is 28.0 Å². The van der Waals surface area contributed by atoms with Crippen LogP contribution in [0.2, 0.25) is 0 Å². The van der Waals surface area contributed by atoms with Gasteiger partial charge >= 0.3 is 0 Å². The first-order chi connectivity index (χ1) is 17.5. The largest absolute Gasteiger partial charge is 0.378 e. The predicted molar refractivity (Wildman–Crippen MR) is 129 cm³/mol. The van der Waals surface area contributed by atoms with E-state index >= 15 is 0 Å². The summed E-state index contributed by atoms with van der Waals surface area (Å²) in [5, 5.41) is 11.9. The molecule has 0 unspecified atom stereocenters. The molecule has 5 rings (SSSR count). The number of aliphatic hydroxyl groups is 1. The summed E-state index contributed by atoms with van der Waals surface area (Å²) in [7, 11) is 3.92. The molecule has 0 aromatic heterocycles. The fourth-order valence-corrected chi connectivity index (χ4v) is 6.71. The van der Waals surface area contributed by atoms with Gasteiger partial charge in [-0.15, -0.1) is 5.92 Å². The Kier molecular flexibility index (Phi) is 3.70. The number of hydrogen-bond acceptors (Lipinski definition) is 3. The van der Waals surface area contributed by atoms with Crippen LogP contribution in [0.4, 0.5) is 5.69 Å². The molecule has 0 aliphatic heterocycles. The lowest BCUT2D eigenvalue weighted by Gasteiger charge is -2.53. The smallest absolute Gasteiger partial charge is 0.156 e. The van der Waals surface area contributed by atoms with Gasteiger partial charge in [0.1, 0.15) is 5.60 Å². The molecule has 32 heavy (non-hydrogen) atoms. The van der Waals surface area contributed by atoms with Gasteiger partial charge in [0, 0.05) is 45.7 Å². The molecule has 0 bridgehead atoms. The van der Waals surface area contributed by atoms with Crippen LogP contribution < -0.4 is 4.90 Å². The summed E-state index contributed by atoms with van der Waals surface area (Å²) in [5.41, 5.74) is 2.07. The standard InChI is InChI=1S/C29H35NO2/c1-5-15-29(32)16-14-26-24-12-8-20-17-22(31)11-13-23(20)27(24)25(18-28(26,29)2)19-6-9-21(10-7-19)30(3)4/h6-7,9-10,17,24-26,32H,8,11-14,16,18H2,1-4H3/t24-,25+,26-,28-,29-/m0/s1/i1D3,11D2,24D. The monoisotopic (exact) mass is 435 g/mol. The molecular weight excluding hydrogens is 394 g/mol. The van der Waals surface area contributed by atoms with E-state index in [-0.39, 0.29) is 24.7 Å². The van der Waals surface area contributed by atoms with Gasteiger partial charge in [-0.1, -0.05) is 30.6 Å².